The predicted molar refractivity (Wildman–Crippen MR) is 43.5 cm³/mol. The van der Waals surface area contributed by atoms with Crippen molar-refractivity contribution in [2.75, 3.05) is 6.61 Å². The van der Waals surface area contributed by atoms with E-state index in [9.17, 15) is 4.79 Å². The molecule has 0 amide bonds. The first kappa shape index (κ1) is 9.90. The Hall–Kier alpha value is -0.102. The second-order valence-corrected chi connectivity index (χ2v) is 5.45. The van der Waals surface area contributed by atoms with Crippen LogP contribution in [0.2, 0.25) is 4.20 Å². The first-order valence-electron chi connectivity index (χ1n) is 3.19. The number of esters is 1. The molecule has 0 atom stereocenters. The van der Waals surface area contributed by atoms with Crippen molar-refractivity contribution < 1.29 is 9.53 Å². The molecule has 0 aliphatic carbocycles. The fraction of sp³-hybridized carbons (Fsp3) is 0.714. The number of hydrogen-bond acceptors (Lipinski definition) is 2. The molecule has 0 unspecified atom stereocenters. The molecule has 0 N–H and O–H groups in total. The maximum absolute atomic E-state index is 11.1. The first-order chi connectivity index (χ1) is 4.54. The number of hydrogen-bond donors (Lipinski definition) is 0. The first-order valence-corrected chi connectivity index (χ1v) is 5.46. The molecule has 0 saturated heterocycles. The van der Waals surface area contributed by atoms with Gasteiger partial charge >= 0.3 is 67.7 Å². The summed E-state index contributed by atoms with van der Waals surface area (Å²) >= 11 is -0.185. The van der Waals surface area contributed by atoms with Crippen molar-refractivity contribution in [1.29, 1.82) is 0 Å². The maximum atomic E-state index is 11.1. The summed E-state index contributed by atoms with van der Waals surface area (Å²) in [6.45, 7) is 6.02. The van der Waals surface area contributed by atoms with Gasteiger partial charge < -0.3 is 0 Å². The zero-order valence-electron chi connectivity index (χ0n) is 6.68. The minimum atomic E-state index is -0.327. The van der Waals surface area contributed by atoms with E-state index in [1.54, 1.807) is 0 Å². The Kier molecular flexibility index (Phi) is 3.88. The second kappa shape index (κ2) is 3.92. The van der Waals surface area contributed by atoms with Crippen molar-refractivity contribution in [3.05, 3.63) is 0 Å². The van der Waals surface area contributed by atoms with E-state index in [0.717, 1.165) is 0 Å². The third-order valence-corrected chi connectivity index (χ3v) is 3.21. The molecule has 0 aromatic carbocycles. The Morgan fingerprint density at radius 2 is 2.20 bits per heavy atom. The van der Waals surface area contributed by atoms with E-state index in [4.69, 9.17) is 4.74 Å². The summed E-state index contributed by atoms with van der Waals surface area (Å²) in [5.74, 6) is -0.120. The summed E-state index contributed by atoms with van der Waals surface area (Å²) in [7, 11) is 0. The van der Waals surface area contributed by atoms with Crippen LogP contribution in [-0.4, -0.2) is 33.2 Å². The van der Waals surface area contributed by atoms with Gasteiger partial charge in [0.2, 0.25) is 0 Å². The van der Waals surface area contributed by atoms with Gasteiger partial charge in [0.25, 0.3) is 0 Å². The average molecular weight is 204 g/mol. The number of rotatable bonds is 3. The molecule has 2 nitrogen and oxygen atoms in total. The van der Waals surface area contributed by atoms with Crippen molar-refractivity contribution in [3.63, 3.8) is 0 Å². The summed E-state index contributed by atoms with van der Waals surface area (Å²) in [5, 5.41) is 3.75. The normalized spacial score (nSPS) is 11.5. The Bertz CT molecular complexity index is 141. The third kappa shape index (κ3) is 2.65. The van der Waals surface area contributed by atoms with Crippen LogP contribution >= 0.6 is 0 Å². The molecule has 0 aromatic rings. The summed E-state index contributed by atoms with van der Waals surface area (Å²) in [4.78, 5) is 11.1. The molecule has 58 valence electrons. The quantitative estimate of drug-likeness (QED) is 0.504. The molecule has 0 heterocycles. The number of carbonyl (C=O) groups excluding carboxylic acids is 1. The zero-order chi connectivity index (χ0) is 8.20. The van der Waals surface area contributed by atoms with Gasteiger partial charge in [-0.05, 0) is 0 Å². The van der Waals surface area contributed by atoms with Gasteiger partial charge in [-0.15, -0.1) is 0 Å². The fourth-order valence-corrected chi connectivity index (χ4v) is 0.779. The monoisotopic (exact) mass is 204 g/mol. The van der Waals surface area contributed by atoms with Gasteiger partial charge in [0.15, 0.2) is 0 Å². The van der Waals surface area contributed by atoms with Crippen LogP contribution in [0.3, 0.4) is 0 Å². The van der Waals surface area contributed by atoms with E-state index in [1.807, 2.05) is 20.8 Å². The van der Waals surface area contributed by atoms with E-state index in [1.165, 1.54) is 0 Å². The van der Waals surface area contributed by atoms with Crippen LogP contribution in [-0.2, 0) is 9.53 Å². The van der Waals surface area contributed by atoms with Crippen LogP contribution in [0.25, 0.3) is 0 Å². The summed E-state index contributed by atoms with van der Waals surface area (Å²) in [5.41, 5.74) is 0. The van der Waals surface area contributed by atoms with Gasteiger partial charge in [-0.3, -0.25) is 0 Å². The standard InChI is InChI=1S/C7H13AsO2/c1-5-10-6(9)7(2,3)8-4/h4-5H2,1-3H3. The molecule has 0 spiro atoms. The SMILES string of the molecule is C=[As]C(C)(C)C(=O)OCC. The molecule has 0 saturated carbocycles. The molecule has 0 aliphatic heterocycles. The van der Waals surface area contributed by atoms with Gasteiger partial charge in [0.1, 0.15) is 0 Å². The van der Waals surface area contributed by atoms with E-state index in [0.29, 0.717) is 6.61 Å². The van der Waals surface area contributed by atoms with Crippen LogP contribution in [0.1, 0.15) is 20.8 Å². The molecule has 0 aromatic heterocycles. The zero-order valence-corrected chi connectivity index (χ0v) is 8.55. The van der Waals surface area contributed by atoms with Crippen molar-refractivity contribution >= 4 is 26.6 Å². The molecule has 10 heavy (non-hydrogen) atoms. The van der Waals surface area contributed by atoms with Gasteiger partial charge in [0, 0.05) is 0 Å². The number of carbonyl (C=O) groups is 1. The van der Waals surface area contributed by atoms with Crippen LogP contribution in [0, 0.1) is 0 Å². The molecule has 0 bridgehead atoms. The van der Waals surface area contributed by atoms with Crippen LogP contribution in [0.15, 0.2) is 0 Å². The molecule has 0 fully saturated rings. The van der Waals surface area contributed by atoms with E-state index in [2.05, 4.69) is 5.31 Å². The fourth-order valence-electron chi connectivity index (χ4n) is 0.372. The molecule has 0 radical (unpaired) electrons. The van der Waals surface area contributed by atoms with Crippen LogP contribution in [0.5, 0.6) is 0 Å². The Balaban J connectivity index is 4.04. The Labute approximate surface area is 68.2 Å². The van der Waals surface area contributed by atoms with Crippen molar-refractivity contribution in [3.8, 4) is 0 Å². The van der Waals surface area contributed by atoms with E-state index >= 15 is 0 Å². The number of ether oxygens (including phenoxy) is 1. The molecule has 3 heteroatoms. The topological polar surface area (TPSA) is 26.3 Å². The molecular formula is C7H13AsO2. The van der Waals surface area contributed by atoms with E-state index in [-0.39, 0.29) is 25.5 Å². The van der Waals surface area contributed by atoms with Crippen molar-refractivity contribution in [1.82, 2.24) is 0 Å². The Morgan fingerprint density at radius 1 is 1.70 bits per heavy atom. The predicted octanol–water partition coefficient (Wildman–Crippen LogP) is 0.884. The summed E-state index contributed by atoms with van der Waals surface area (Å²) in [6.07, 6.45) is 0. The minimum absolute atomic E-state index is 0.120. The van der Waals surface area contributed by atoms with Gasteiger partial charge in [-0.2, -0.15) is 0 Å². The summed E-state index contributed by atoms with van der Waals surface area (Å²) in [6, 6.07) is 0. The Morgan fingerprint density at radius 3 is 2.50 bits per heavy atom. The van der Waals surface area contributed by atoms with E-state index < -0.39 is 0 Å². The van der Waals surface area contributed by atoms with Gasteiger partial charge in [0.05, 0.1) is 0 Å². The molecule has 0 rings (SSSR count). The van der Waals surface area contributed by atoms with Crippen LogP contribution < -0.4 is 0 Å². The third-order valence-electron chi connectivity index (χ3n) is 1.17. The van der Waals surface area contributed by atoms with Crippen molar-refractivity contribution in [2.45, 2.75) is 25.0 Å². The molecular weight excluding hydrogens is 191 g/mol. The summed E-state index contributed by atoms with van der Waals surface area (Å²) < 4.78 is 4.52. The second-order valence-electron chi connectivity index (χ2n) is 2.44. The van der Waals surface area contributed by atoms with Gasteiger partial charge in [-0.1, -0.05) is 0 Å². The van der Waals surface area contributed by atoms with Crippen LogP contribution in [0.4, 0.5) is 0 Å². The molecule has 0 aliphatic rings. The van der Waals surface area contributed by atoms with Crippen molar-refractivity contribution in [2.24, 2.45) is 0 Å². The average Bonchev–Trinajstić information content (AvgIpc) is 1.89. The van der Waals surface area contributed by atoms with Gasteiger partial charge in [-0.25, -0.2) is 0 Å².